The number of carboxylic acid groups (broad SMARTS) is 3. The van der Waals surface area contributed by atoms with E-state index in [-0.39, 0.29) is 37.2 Å². The quantitative estimate of drug-likeness (QED) is 0.0440. The fourth-order valence-corrected chi connectivity index (χ4v) is 5.51. The average Bonchev–Trinajstić information content (AvgIpc) is 3.68. The largest absolute Gasteiger partial charge is 0.481 e. The molecule has 2 unspecified atom stereocenters. The summed E-state index contributed by atoms with van der Waals surface area (Å²) in [6.45, 7) is 3.90. The van der Waals surface area contributed by atoms with Crippen molar-refractivity contribution in [2.75, 3.05) is 73.0 Å². The van der Waals surface area contributed by atoms with Crippen LogP contribution in [0.4, 0.5) is 4.79 Å². The van der Waals surface area contributed by atoms with Gasteiger partial charge in [0.2, 0.25) is 5.91 Å². The van der Waals surface area contributed by atoms with Crippen LogP contribution in [0.3, 0.4) is 0 Å². The highest BCUT2D eigenvalue weighted by Gasteiger charge is 2.25. The first kappa shape index (κ1) is 51.4. The normalized spacial score (nSPS) is 11.9. The van der Waals surface area contributed by atoms with E-state index in [1.54, 1.807) is 28.9 Å². The van der Waals surface area contributed by atoms with E-state index in [0.717, 1.165) is 37.8 Å². The van der Waals surface area contributed by atoms with Crippen molar-refractivity contribution in [2.24, 2.45) is 0 Å². The van der Waals surface area contributed by atoms with Crippen LogP contribution in [0.1, 0.15) is 84.2 Å². The molecule has 340 valence electrons. The van der Waals surface area contributed by atoms with Crippen molar-refractivity contribution in [3.8, 4) is 0 Å². The maximum absolute atomic E-state index is 12.6. The Morgan fingerprint density at radius 3 is 1.77 bits per heavy atom. The van der Waals surface area contributed by atoms with E-state index in [2.05, 4.69) is 36.9 Å². The summed E-state index contributed by atoms with van der Waals surface area (Å²) in [4.78, 5) is 82.1. The summed E-state index contributed by atoms with van der Waals surface area (Å²) in [7, 11) is 1.45. The van der Waals surface area contributed by atoms with Gasteiger partial charge in [-0.05, 0) is 69.2 Å². The third-order valence-electron chi connectivity index (χ3n) is 8.74. The second kappa shape index (κ2) is 31.2. The molecule has 0 aliphatic carbocycles. The Labute approximate surface area is 353 Å². The molecule has 1 aromatic heterocycles. The van der Waals surface area contributed by atoms with Crippen LogP contribution in [0.2, 0.25) is 0 Å². The Hall–Kier alpha value is -5.71. The van der Waals surface area contributed by atoms with Gasteiger partial charge in [-0.25, -0.2) is 14.4 Å². The minimum atomic E-state index is -1.47. The van der Waals surface area contributed by atoms with Gasteiger partial charge in [0.25, 0.3) is 11.8 Å². The zero-order valence-electron chi connectivity index (χ0n) is 34.6. The molecule has 2 atom stereocenters. The van der Waals surface area contributed by atoms with Crippen molar-refractivity contribution < 1.29 is 67.8 Å². The lowest BCUT2D eigenvalue weighted by atomic mass is 10.1. The predicted molar refractivity (Wildman–Crippen MR) is 216 cm³/mol. The van der Waals surface area contributed by atoms with Gasteiger partial charge in [0.05, 0.1) is 45.3 Å². The highest BCUT2D eigenvalue weighted by Crippen LogP contribution is 2.09. The van der Waals surface area contributed by atoms with Crippen molar-refractivity contribution in [2.45, 2.75) is 82.8 Å². The van der Waals surface area contributed by atoms with Gasteiger partial charge in [0, 0.05) is 57.0 Å². The van der Waals surface area contributed by atoms with Gasteiger partial charge in [-0.3, -0.25) is 23.9 Å². The zero-order valence-corrected chi connectivity index (χ0v) is 34.6. The number of carbonyl (C=O) groups is 7. The Morgan fingerprint density at radius 1 is 0.656 bits per heavy atom. The summed E-state index contributed by atoms with van der Waals surface area (Å²) >= 11 is 0. The van der Waals surface area contributed by atoms with Gasteiger partial charge in [0.1, 0.15) is 18.7 Å². The van der Waals surface area contributed by atoms with Crippen LogP contribution in [-0.4, -0.2) is 157 Å². The molecule has 1 aromatic carbocycles. The van der Waals surface area contributed by atoms with Crippen molar-refractivity contribution in [1.82, 2.24) is 41.6 Å². The molecule has 5 amide bonds. The van der Waals surface area contributed by atoms with Crippen molar-refractivity contribution in [3.63, 3.8) is 0 Å². The molecule has 0 saturated carbocycles. The van der Waals surface area contributed by atoms with E-state index in [1.807, 2.05) is 6.20 Å². The van der Waals surface area contributed by atoms with Gasteiger partial charge in [-0.15, -0.1) is 5.10 Å². The topological polar surface area (TPSA) is 308 Å². The minimum absolute atomic E-state index is 0.0142. The minimum Gasteiger partial charge on any atom is -0.481 e. The molecule has 1 heterocycles. The van der Waals surface area contributed by atoms with Crippen molar-refractivity contribution in [3.05, 3.63) is 47.3 Å². The molecule has 61 heavy (non-hydrogen) atoms. The van der Waals surface area contributed by atoms with Gasteiger partial charge in [-0.2, -0.15) is 0 Å². The number of ether oxygens (including phenoxy) is 4. The molecule has 0 aliphatic rings. The summed E-state index contributed by atoms with van der Waals surface area (Å²) in [5, 5.41) is 48.4. The van der Waals surface area contributed by atoms with Gasteiger partial charge < -0.3 is 60.9 Å². The number of aryl methyl sites for hydroxylation is 2. The lowest BCUT2D eigenvalue weighted by Gasteiger charge is -2.18. The van der Waals surface area contributed by atoms with E-state index in [9.17, 15) is 43.8 Å². The number of amides is 5. The average molecular weight is 865 g/mol. The Kier molecular flexibility index (Phi) is 26.3. The standard InChI is InChI=1S/C39H60N8O14/c1-58-27-33(48)40-17-20-59-22-24-61-25-23-60-21-18-42-36(52)29-12-10-28(11-13-29)35(51)41-16-6-3-2-4-8-30-26-47(46-45-30)19-7-5-9-31(37(53)54)43-39(57)44-32(38(55)56)14-15-34(49)50/h10-13,26,31-32H,2-9,14-25,27H2,1H3,(H,40,48)(H,41,51)(H,42,52)(H,49,50)(H,53,54)(H,55,56)(H2,43,44,57). The van der Waals surface area contributed by atoms with E-state index >= 15 is 0 Å². The first-order valence-corrected chi connectivity index (χ1v) is 20.2. The van der Waals surface area contributed by atoms with E-state index in [4.69, 9.17) is 24.1 Å². The van der Waals surface area contributed by atoms with Gasteiger partial charge in [0.15, 0.2) is 0 Å². The number of urea groups is 1. The van der Waals surface area contributed by atoms with E-state index < -0.39 is 42.4 Å². The van der Waals surface area contributed by atoms with Crippen LogP contribution in [0, 0.1) is 0 Å². The third-order valence-corrected chi connectivity index (χ3v) is 8.74. The number of hydrogen-bond acceptors (Lipinski definition) is 13. The fourth-order valence-electron chi connectivity index (χ4n) is 5.51. The molecule has 2 rings (SSSR count). The summed E-state index contributed by atoms with van der Waals surface area (Å²) in [5.74, 6) is -4.64. The van der Waals surface area contributed by atoms with Gasteiger partial charge in [-0.1, -0.05) is 18.1 Å². The smallest absolute Gasteiger partial charge is 0.326 e. The predicted octanol–water partition coefficient (Wildman–Crippen LogP) is 0.594. The molecule has 8 N–H and O–H groups in total. The molecule has 0 aliphatic heterocycles. The number of carboxylic acids is 3. The highest BCUT2D eigenvalue weighted by molar-refractivity contribution is 5.97. The number of hydrogen-bond donors (Lipinski definition) is 8. The number of nitrogens with zero attached hydrogens (tertiary/aromatic N) is 3. The third kappa shape index (κ3) is 24.2. The number of unbranched alkanes of at least 4 members (excludes halogenated alkanes) is 4. The second-order valence-corrected chi connectivity index (χ2v) is 13.7. The molecular weight excluding hydrogens is 804 g/mol. The molecule has 0 bridgehead atoms. The van der Waals surface area contributed by atoms with Crippen molar-refractivity contribution in [1.29, 1.82) is 0 Å². The monoisotopic (exact) mass is 864 g/mol. The van der Waals surface area contributed by atoms with Crippen LogP contribution in [-0.2, 0) is 51.1 Å². The van der Waals surface area contributed by atoms with Crippen LogP contribution in [0.15, 0.2) is 30.5 Å². The van der Waals surface area contributed by atoms with E-state index in [0.29, 0.717) is 89.8 Å². The van der Waals surface area contributed by atoms with Crippen LogP contribution in [0.5, 0.6) is 0 Å². The Balaban J connectivity index is 1.50. The molecular formula is C39H60N8O14. The first-order valence-electron chi connectivity index (χ1n) is 20.2. The number of nitrogens with one attached hydrogen (secondary N) is 5. The zero-order chi connectivity index (χ0) is 44.7. The molecule has 0 radical (unpaired) electrons. The van der Waals surface area contributed by atoms with Crippen LogP contribution < -0.4 is 26.6 Å². The van der Waals surface area contributed by atoms with Crippen molar-refractivity contribution >= 4 is 41.7 Å². The Bertz CT molecular complexity index is 1640. The molecule has 0 fully saturated rings. The van der Waals surface area contributed by atoms with Crippen LogP contribution in [0.25, 0.3) is 0 Å². The lowest BCUT2D eigenvalue weighted by molar-refractivity contribution is -0.141. The molecule has 22 heteroatoms. The second-order valence-electron chi connectivity index (χ2n) is 13.7. The number of aliphatic carboxylic acids is 3. The molecule has 22 nitrogen and oxygen atoms in total. The summed E-state index contributed by atoms with van der Waals surface area (Å²) in [6.07, 6.45) is 6.26. The maximum atomic E-state index is 12.6. The number of carbonyl (C=O) groups excluding carboxylic acids is 4. The number of aromatic nitrogens is 3. The van der Waals surface area contributed by atoms with Crippen LogP contribution >= 0.6 is 0 Å². The SMILES string of the molecule is COCC(=O)NCCOCCOCCOCCNC(=O)c1ccc(C(=O)NCCCCCCc2cn(CCCCC(NC(=O)NC(CCC(=O)O)C(=O)O)C(=O)O)nn2)cc1. The highest BCUT2D eigenvalue weighted by atomic mass is 16.5. The van der Waals surface area contributed by atoms with E-state index in [1.165, 1.54) is 7.11 Å². The number of rotatable bonds is 35. The van der Waals surface area contributed by atoms with Gasteiger partial charge >= 0.3 is 23.9 Å². The first-order chi connectivity index (χ1) is 29.4. The summed E-state index contributed by atoms with van der Waals surface area (Å²) in [5.41, 5.74) is 1.69. The molecule has 2 aromatic rings. The Morgan fingerprint density at radius 2 is 1.20 bits per heavy atom. The molecule has 0 spiro atoms. The summed E-state index contributed by atoms with van der Waals surface area (Å²) < 4.78 is 22.6. The number of benzene rings is 1. The molecule has 0 saturated heterocycles. The lowest BCUT2D eigenvalue weighted by Crippen LogP contribution is -2.51. The maximum Gasteiger partial charge on any atom is 0.326 e. The summed E-state index contributed by atoms with van der Waals surface area (Å²) in [6, 6.07) is 2.65. The fraction of sp³-hybridized carbons (Fsp3) is 0.615. The number of methoxy groups -OCH3 is 1.